The molecule has 0 atom stereocenters. The molecule has 0 fully saturated rings. The highest BCUT2D eigenvalue weighted by Crippen LogP contribution is 2.32. The van der Waals surface area contributed by atoms with Gasteiger partial charge in [0.25, 0.3) is 0 Å². The third kappa shape index (κ3) is 2.55. The summed E-state index contributed by atoms with van der Waals surface area (Å²) in [5, 5.41) is 9.75. The van der Waals surface area contributed by atoms with Gasteiger partial charge in [0.05, 0.1) is 18.6 Å². The summed E-state index contributed by atoms with van der Waals surface area (Å²) in [6.07, 6.45) is 3.65. The maximum atomic E-state index is 11.5. The summed E-state index contributed by atoms with van der Waals surface area (Å²) >= 11 is 5.46. The van der Waals surface area contributed by atoms with Crippen molar-refractivity contribution in [3.63, 3.8) is 0 Å². The maximum absolute atomic E-state index is 11.5. The van der Waals surface area contributed by atoms with Crippen LogP contribution in [0.5, 0.6) is 11.5 Å². The lowest BCUT2D eigenvalue weighted by Crippen LogP contribution is -2.02. The van der Waals surface area contributed by atoms with E-state index in [4.69, 9.17) is 16.3 Å². The quantitative estimate of drug-likeness (QED) is 0.650. The average Bonchev–Trinajstić information content (AvgIpc) is 2.30. The Morgan fingerprint density at radius 2 is 2.25 bits per heavy atom. The van der Waals surface area contributed by atoms with E-state index in [-0.39, 0.29) is 28.7 Å². The van der Waals surface area contributed by atoms with Gasteiger partial charge in [-0.15, -0.1) is 11.6 Å². The molecule has 0 bridgehead atoms. The van der Waals surface area contributed by atoms with Gasteiger partial charge in [-0.1, -0.05) is 12.2 Å². The van der Waals surface area contributed by atoms with Crippen LogP contribution in [-0.2, 0) is 0 Å². The number of halogens is 1. The lowest BCUT2D eigenvalue weighted by Gasteiger charge is -2.09. The SMILES string of the molecule is CC=Cc1cc(OC)c(O)c(C(=O)CCl)c1. The van der Waals surface area contributed by atoms with Crippen molar-refractivity contribution in [3.05, 3.63) is 29.3 Å². The van der Waals surface area contributed by atoms with Crippen molar-refractivity contribution in [1.29, 1.82) is 0 Å². The number of phenolic OH excluding ortho intramolecular Hbond substituents is 1. The summed E-state index contributed by atoms with van der Waals surface area (Å²) < 4.78 is 4.99. The third-order valence-corrected chi connectivity index (χ3v) is 2.34. The Morgan fingerprint density at radius 1 is 1.56 bits per heavy atom. The molecule has 16 heavy (non-hydrogen) atoms. The van der Waals surface area contributed by atoms with Crippen LogP contribution >= 0.6 is 11.6 Å². The molecule has 1 rings (SSSR count). The molecule has 0 heterocycles. The van der Waals surface area contributed by atoms with Crippen LogP contribution in [0.2, 0.25) is 0 Å². The maximum Gasteiger partial charge on any atom is 0.181 e. The fourth-order valence-electron chi connectivity index (χ4n) is 1.36. The van der Waals surface area contributed by atoms with Gasteiger partial charge >= 0.3 is 0 Å². The molecule has 0 aliphatic heterocycles. The molecule has 4 heteroatoms. The van der Waals surface area contributed by atoms with E-state index in [1.807, 2.05) is 19.1 Å². The number of alkyl halides is 1. The van der Waals surface area contributed by atoms with E-state index in [1.165, 1.54) is 7.11 Å². The molecule has 0 aliphatic carbocycles. The van der Waals surface area contributed by atoms with Crippen LogP contribution in [0.1, 0.15) is 22.8 Å². The van der Waals surface area contributed by atoms with Gasteiger partial charge in [0, 0.05) is 0 Å². The number of methoxy groups -OCH3 is 1. The summed E-state index contributed by atoms with van der Waals surface area (Å²) in [6.45, 7) is 1.86. The molecular formula is C12H13ClO3. The molecule has 1 aromatic carbocycles. The van der Waals surface area contributed by atoms with Crippen LogP contribution in [0.4, 0.5) is 0 Å². The van der Waals surface area contributed by atoms with Gasteiger partial charge in [-0.3, -0.25) is 4.79 Å². The van der Waals surface area contributed by atoms with Crippen LogP contribution in [0.15, 0.2) is 18.2 Å². The van der Waals surface area contributed by atoms with Crippen molar-refractivity contribution in [1.82, 2.24) is 0 Å². The molecule has 0 spiro atoms. The molecule has 1 aromatic rings. The number of Topliss-reactive ketones (excluding diaryl/α,β-unsaturated/α-hetero) is 1. The normalized spacial score (nSPS) is 10.7. The number of hydrogen-bond acceptors (Lipinski definition) is 3. The summed E-state index contributed by atoms with van der Waals surface area (Å²) in [6, 6.07) is 3.24. The van der Waals surface area contributed by atoms with Crippen molar-refractivity contribution in [2.45, 2.75) is 6.92 Å². The first-order valence-electron chi connectivity index (χ1n) is 4.76. The second-order valence-electron chi connectivity index (χ2n) is 3.18. The zero-order valence-electron chi connectivity index (χ0n) is 9.16. The largest absolute Gasteiger partial charge is 0.504 e. The van der Waals surface area contributed by atoms with Gasteiger partial charge in [0.2, 0.25) is 0 Å². The first-order valence-corrected chi connectivity index (χ1v) is 5.30. The van der Waals surface area contributed by atoms with E-state index in [0.29, 0.717) is 0 Å². The first-order chi connectivity index (χ1) is 7.63. The Kier molecular flexibility index (Phi) is 4.38. The van der Waals surface area contributed by atoms with E-state index in [1.54, 1.807) is 12.1 Å². The standard InChI is InChI=1S/C12H13ClO3/c1-3-4-8-5-9(10(14)7-13)12(15)11(6-8)16-2/h3-6,15H,7H2,1-2H3. The zero-order valence-corrected chi connectivity index (χ0v) is 9.91. The van der Waals surface area contributed by atoms with Crippen molar-refractivity contribution in [2.75, 3.05) is 13.0 Å². The van der Waals surface area contributed by atoms with Gasteiger partial charge in [-0.05, 0) is 24.6 Å². The van der Waals surface area contributed by atoms with Gasteiger partial charge in [0.1, 0.15) is 0 Å². The second kappa shape index (κ2) is 5.56. The van der Waals surface area contributed by atoms with E-state index in [0.717, 1.165) is 5.56 Å². The molecule has 86 valence electrons. The van der Waals surface area contributed by atoms with Gasteiger partial charge < -0.3 is 9.84 Å². The van der Waals surface area contributed by atoms with Crippen molar-refractivity contribution in [3.8, 4) is 11.5 Å². The van der Waals surface area contributed by atoms with E-state index < -0.39 is 0 Å². The third-order valence-electron chi connectivity index (χ3n) is 2.10. The minimum Gasteiger partial charge on any atom is -0.504 e. The minimum atomic E-state index is -0.330. The van der Waals surface area contributed by atoms with Gasteiger partial charge in [-0.2, -0.15) is 0 Å². The number of carbonyl (C=O) groups excluding carboxylic acids is 1. The number of allylic oxidation sites excluding steroid dienone is 1. The average molecular weight is 241 g/mol. The zero-order chi connectivity index (χ0) is 12.1. The number of hydrogen-bond donors (Lipinski definition) is 1. The molecule has 0 saturated heterocycles. The summed E-state index contributed by atoms with van der Waals surface area (Å²) in [5.41, 5.74) is 0.966. The van der Waals surface area contributed by atoms with Crippen LogP contribution in [-0.4, -0.2) is 23.9 Å². The second-order valence-corrected chi connectivity index (χ2v) is 3.44. The highest BCUT2D eigenvalue weighted by molar-refractivity contribution is 6.30. The smallest absolute Gasteiger partial charge is 0.181 e. The number of ketones is 1. The molecule has 3 nitrogen and oxygen atoms in total. The lowest BCUT2D eigenvalue weighted by molar-refractivity contribution is 0.101. The van der Waals surface area contributed by atoms with Crippen molar-refractivity contribution in [2.24, 2.45) is 0 Å². The fourth-order valence-corrected chi connectivity index (χ4v) is 1.50. The molecule has 0 aromatic heterocycles. The summed E-state index contributed by atoms with van der Waals surface area (Å²) in [4.78, 5) is 11.5. The number of aromatic hydroxyl groups is 1. The monoisotopic (exact) mass is 240 g/mol. The van der Waals surface area contributed by atoms with Crippen molar-refractivity contribution >= 4 is 23.5 Å². The first kappa shape index (κ1) is 12.6. The Bertz CT molecular complexity index is 425. The predicted molar refractivity (Wildman–Crippen MR) is 64.4 cm³/mol. The van der Waals surface area contributed by atoms with Crippen LogP contribution in [0.3, 0.4) is 0 Å². The molecule has 0 saturated carbocycles. The van der Waals surface area contributed by atoms with Crippen LogP contribution in [0, 0.1) is 0 Å². The van der Waals surface area contributed by atoms with Gasteiger partial charge in [-0.25, -0.2) is 0 Å². The molecule has 0 radical (unpaired) electrons. The number of ether oxygens (including phenoxy) is 1. The Balaban J connectivity index is 3.35. The number of phenols is 1. The van der Waals surface area contributed by atoms with E-state index >= 15 is 0 Å². The highest BCUT2D eigenvalue weighted by Gasteiger charge is 2.15. The van der Waals surface area contributed by atoms with Crippen LogP contribution < -0.4 is 4.74 Å². The number of rotatable bonds is 4. The molecule has 1 N–H and O–H groups in total. The number of carbonyl (C=O) groups is 1. The van der Waals surface area contributed by atoms with Crippen molar-refractivity contribution < 1.29 is 14.6 Å². The number of benzene rings is 1. The van der Waals surface area contributed by atoms with E-state index in [2.05, 4.69) is 0 Å². The minimum absolute atomic E-state index is 0.165. The Hall–Kier alpha value is -1.48. The predicted octanol–water partition coefficient (Wildman–Crippen LogP) is 2.86. The Labute approximate surface area is 99.3 Å². The molecule has 0 unspecified atom stereocenters. The molecular weight excluding hydrogens is 228 g/mol. The van der Waals surface area contributed by atoms with Gasteiger partial charge in [0.15, 0.2) is 17.3 Å². The lowest BCUT2D eigenvalue weighted by atomic mass is 10.1. The topological polar surface area (TPSA) is 46.5 Å². The highest BCUT2D eigenvalue weighted by atomic mass is 35.5. The fraction of sp³-hybridized carbons (Fsp3) is 0.250. The molecule has 0 aliphatic rings. The van der Waals surface area contributed by atoms with E-state index in [9.17, 15) is 9.90 Å². The van der Waals surface area contributed by atoms with Crippen LogP contribution in [0.25, 0.3) is 6.08 Å². The Morgan fingerprint density at radius 3 is 2.75 bits per heavy atom. The summed E-state index contributed by atoms with van der Waals surface area (Å²) in [7, 11) is 1.43. The molecule has 0 amide bonds. The summed E-state index contributed by atoms with van der Waals surface area (Å²) in [5.74, 6) is -0.398.